The van der Waals surface area contributed by atoms with Crippen LogP contribution in [0.4, 0.5) is 15.8 Å². The van der Waals surface area contributed by atoms with Crippen molar-refractivity contribution in [3.05, 3.63) is 24.0 Å². The van der Waals surface area contributed by atoms with E-state index in [0.717, 1.165) is 36.9 Å². The smallest absolute Gasteiger partial charge is 0.125 e. The molecular weight excluding hydrogens is 235 g/mol. The number of thioether (sulfide) groups is 1. The number of nitrogens with two attached hydrogens (primary N) is 1. The minimum Gasteiger partial charge on any atom is -0.397 e. The third-order valence-corrected chi connectivity index (χ3v) is 4.48. The molecule has 1 atom stereocenters. The molecule has 0 radical (unpaired) electrons. The number of benzene rings is 1. The van der Waals surface area contributed by atoms with Crippen LogP contribution >= 0.6 is 11.8 Å². The number of nitrogens with zero attached hydrogens (tertiary/aromatic N) is 1. The van der Waals surface area contributed by atoms with E-state index in [1.54, 1.807) is 12.1 Å². The summed E-state index contributed by atoms with van der Waals surface area (Å²) in [6.07, 6.45) is 5.71. The van der Waals surface area contributed by atoms with Gasteiger partial charge in [-0.3, -0.25) is 0 Å². The Kier molecular flexibility index (Phi) is 4.15. The molecule has 1 aromatic carbocycles. The molecule has 1 fully saturated rings. The van der Waals surface area contributed by atoms with Gasteiger partial charge in [0, 0.05) is 18.3 Å². The lowest BCUT2D eigenvalue weighted by Gasteiger charge is -2.24. The first-order valence-electron chi connectivity index (χ1n) is 6.03. The Balaban J connectivity index is 2.13. The second kappa shape index (κ2) is 5.63. The lowest BCUT2D eigenvalue weighted by molar-refractivity contribution is 0.626. The molecule has 2 N–H and O–H groups in total. The van der Waals surface area contributed by atoms with Crippen molar-refractivity contribution in [1.82, 2.24) is 0 Å². The zero-order valence-corrected chi connectivity index (χ0v) is 11.0. The van der Waals surface area contributed by atoms with E-state index in [-0.39, 0.29) is 5.82 Å². The number of nitrogen functional groups attached to an aromatic ring is 1. The average Bonchev–Trinajstić information content (AvgIpc) is 2.57. The van der Waals surface area contributed by atoms with Gasteiger partial charge in [0.1, 0.15) is 5.82 Å². The maximum Gasteiger partial charge on any atom is 0.125 e. The van der Waals surface area contributed by atoms with E-state index in [4.69, 9.17) is 5.73 Å². The molecule has 4 heteroatoms. The maximum absolute atomic E-state index is 13.3. The van der Waals surface area contributed by atoms with Crippen LogP contribution in [0.3, 0.4) is 0 Å². The van der Waals surface area contributed by atoms with Crippen molar-refractivity contribution in [2.24, 2.45) is 0 Å². The standard InChI is InChI=1S/C13H19FN2S/c1-17-11-3-2-7-16(8-6-11)13-9-10(14)4-5-12(13)15/h4-5,9,11H,2-3,6-8,15H2,1H3. The van der Waals surface area contributed by atoms with Gasteiger partial charge in [0.2, 0.25) is 0 Å². The van der Waals surface area contributed by atoms with Crippen LogP contribution in [-0.4, -0.2) is 24.6 Å². The Labute approximate surface area is 106 Å². The number of hydrogen-bond acceptors (Lipinski definition) is 3. The first kappa shape index (κ1) is 12.6. The molecule has 0 saturated carbocycles. The van der Waals surface area contributed by atoms with Crippen LogP contribution in [0.1, 0.15) is 19.3 Å². The second-order valence-corrected chi connectivity index (χ2v) is 5.62. The summed E-state index contributed by atoms with van der Waals surface area (Å²) in [7, 11) is 0. The molecule has 1 aromatic rings. The molecule has 0 aromatic heterocycles. The van der Waals surface area contributed by atoms with Gasteiger partial charge in [0.15, 0.2) is 0 Å². The highest BCUT2D eigenvalue weighted by Crippen LogP contribution is 2.29. The van der Waals surface area contributed by atoms with E-state index in [0.29, 0.717) is 5.69 Å². The molecular formula is C13H19FN2S. The third kappa shape index (κ3) is 3.06. The topological polar surface area (TPSA) is 29.3 Å². The molecule has 2 rings (SSSR count). The van der Waals surface area contributed by atoms with E-state index in [1.807, 2.05) is 11.8 Å². The minimum atomic E-state index is -0.208. The molecule has 1 aliphatic heterocycles. The molecule has 1 heterocycles. The van der Waals surface area contributed by atoms with Crippen LogP contribution in [0, 0.1) is 5.82 Å². The highest BCUT2D eigenvalue weighted by Gasteiger charge is 2.18. The van der Waals surface area contributed by atoms with Crippen molar-refractivity contribution in [2.75, 3.05) is 30.0 Å². The van der Waals surface area contributed by atoms with Crippen LogP contribution in [0.25, 0.3) is 0 Å². The summed E-state index contributed by atoms with van der Waals surface area (Å²) in [5, 5.41) is 0.731. The minimum absolute atomic E-state index is 0.208. The van der Waals surface area contributed by atoms with Gasteiger partial charge in [-0.05, 0) is 43.7 Å². The third-order valence-electron chi connectivity index (χ3n) is 3.34. The predicted octanol–water partition coefficient (Wildman–Crippen LogP) is 3.13. The number of halogens is 1. The van der Waals surface area contributed by atoms with Crippen molar-refractivity contribution in [1.29, 1.82) is 0 Å². The van der Waals surface area contributed by atoms with Crippen molar-refractivity contribution in [3.8, 4) is 0 Å². The lowest BCUT2D eigenvalue weighted by atomic mass is 10.2. The second-order valence-electron chi connectivity index (χ2n) is 4.48. The fourth-order valence-corrected chi connectivity index (χ4v) is 3.08. The van der Waals surface area contributed by atoms with E-state index in [2.05, 4.69) is 11.2 Å². The molecule has 1 saturated heterocycles. The van der Waals surface area contributed by atoms with Crippen LogP contribution in [0.2, 0.25) is 0 Å². The first-order chi connectivity index (χ1) is 8.20. The van der Waals surface area contributed by atoms with Gasteiger partial charge in [-0.1, -0.05) is 0 Å². The molecule has 0 amide bonds. The molecule has 0 spiro atoms. The van der Waals surface area contributed by atoms with Crippen LogP contribution in [-0.2, 0) is 0 Å². The summed E-state index contributed by atoms with van der Waals surface area (Å²) >= 11 is 1.93. The summed E-state index contributed by atoms with van der Waals surface area (Å²) in [4.78, 5) is 2.22. The summed E-state index contributed by atoms with van der Waals surface area (Å²) in [6, 6.07) is 4.62. The summed E-state index contributed by atoms with van der Waals surface area (Å²) < 4.78 is 13.3. The summed E-state index contributed by atoms with van der Waals surface area (Å²) in [5.74, 6) is -0.208. The highest BCUT2D eigenvalue weighted by atomic mass is 32.2. The number of hydrogen-bond donors (Lipinski definition) is 1. The molecule has 94 valence electrons. The van der Waals surface area contributed by atoms with E-state index in [9.17, 15) is 4.39 Å². The van der Waals surface area contributed by atoms with Crippen molar-refractivity contribution < 1.29 is 4.39 Å². The van der Waals surface area contributed by atoms with E-state index < -0.39 is 0 Å². The quantitative estimate of drug-likeness (QED) is 0.822. The van der Waals surface area contributed by atoms with E-state index >= 15 is 0 Å². The Morgan fingerprint density at radius 1 is 1.35 bits per heavy atom. The van der Waals surface area contributed by atoms with Gasteiger partial charge < -0.3 is 10.6 Å². The van der Waals surface area contributed by atoms with Gasteiger partial charge in [-0.25, -0.2) is 4.39 Å². The Morgan fingerprint density at radius 3 is 2.94 bits per heavy atom. The zero-order valence-electron chi connectivity index (χ0n) is 10.2. The first-order valence-corrected chi connectivity index (χ1v) is 7.32. The average molecular weight is 254 g/mol. The van der Waals surface area contributed by atoms with Crippen LogP contribution < -0.4 is 10.6 Å². The molecule has 0 bridgehead atoms. The van der Waals surface area contributed by atoms with Gasteiger partial charge in [-0.15, -0.1) is 0 Å². The van der Waals surface area contributed by atoms with Gasteiger partial charge in [-0.2, -0.15) is 11.8 Å². The Bertz CT molecular complexity index is 384. The van der Waals surface area contributed by atoms with Gasteiger partial charge in [0.05, 0.1) is 11.4 Å². The molecule has 17 heavy (non-hydrogen) atoms. The van der Waals surface area contributed by atoms with Gasteiger partial charge in [0.25, 0.3) is 0 Å². The number of rotatable bonds is 2. The predicted molar refractivity (Wildman–Crippen MR) is 74.2 cm³/mol. The Morgan fingerprint density at radius 2 is 2.18 bits per heavy atom. The SMILES string of the molecule is CSC1CCCN(c2cc(F)ccc2N)CC1. The Hall–Kier alpha value is -0.900. The van der Waals surface area contributed by atoms with Crippen molar-refractivity contribution >= 4 is 23.1 Å². The fraction of sp³-hybridized carbons (Fsp3) is 0.538. The van der Waals surface area contributed by atoms with Crippen LogP contribution in [0.5, 0.6) is 0 Å². The maximum atomic E-state index is 13.3. The highest BCUT2D eigenvalue weighted by molar-refractivity contribution is 7.99. The van der Waals surface area contributed by atoms with E-state index in [1.165, 1.54) is 12.5 Å². The molecule has 0 aliphatic carbocycles. The summed E-state index contributed by atoms with van der Waals surface area (Å²) in [6.45, 7) is 1.95. The van der Waals surface area contributed by atoms with Gasteiger partial charge >= 0.3 is 0 Å². The largest absolute Gasteiger partial charge is 0.397 e. The zero-order chi connectivity index (χ0) is 12.3. The molecule has 2 nitrogen and oxygen atoms in total. The number of anilines is 2. The van der Waals surface area contributed by atoms with Crippen molar-refractivity contribution in [2.45, 2.75) is 24.5 Å². The summed E-state index contributed by atoms with van der Waals surface area (Å²) in [5.41, 5.74) is 7.45. The normalized spacial score (nSPS) is 21.3. The van der Waals surface area contributed by atoms with Crippen molar-refractivity contribution in [3.63, 3.8) is 0 Å². The lowest BCUT2D eigenvalue weighted by Crippen LogP contribution is -2.25. The van der Waals surface area contributed by atoms with Crippen LogP contribution in [0.15, 0.2) is 18.2 Å². The molecule has 1 unspecified atom stereocenters. The molecule has 1 aliphatic rings. The fourth-order valence-electron chi connectivity index (χ4n) is 2.33. The monoisotopic (exact) mass is 254 g/mol.